The van der Waals surface area contributed by atoms with Gasteiger partial charge in [-0.3, -0.25) is 4.90 Å². The van der Waals surface area contributed by atoms with Crippen molar-refractivity contribution in [3.63, 3.8) is 0 Å². The van der Waals surface area contributed by atoms with Gasteiger partial charge in [0.2, 0.25) is 0 Å². The van der Waals surface area contributed by atoms with E-state index in [0.717, 1.165) is 38.2 Å². The highest BCUT2D eigenvalue weighted by Gasteiger charge is 2.22. The van der Waals surface area contributed by atoms with Crippen LogP contribution in [0.2, 0.25) is 0 Å². The van der Waals surface area contributed by atoms with Gasteiger partial charge in [-0.1, -0.05) is 19.4 Å². The lowest BCUT2D eigenvalue weighted by atomic mass is 10.0. The van der Waals surface area contributed by atoms with E-state index in [4.69, 9.17) is 5.26 Å². The summed E-state index contributed by atoms with van der Waals surface area (Å²) in [4.78, 5) is 2.46. The predicted octanol–water partition coefficient (Wildman–Crippen LogP) is 3.05. The highest BCUT2D eigenvalue weighted by Crippen LogP contribution is 2.20. The fourth-order valence-electron chi connectivity index (χ4n) is 2.94. The Labute approximate surface area is 126 Å². The Bertz CT molecular complexity index is 495. The van der Waals surface area contributed by atoms with Gasteiger partial charge in [-0.25, -0.2) is 4.39 Å². The van der Waals surface area contributed by atoms with Crippen LogP contribution in [0.1, 0.15) is 43.7 Å². The fraction of sp³-hybridized carbons (Fsp3) is 0.588. The summed E-state index contributed by atoms with van der Waals surface area (Å²) in [6.07, 6.45) is 4.86. The summed E-state index contributed by atoms with van der Waals surface area (Å²) in [7, 11) is 0. The first-order chi connectivity index (χ1) is 10.2. The second kappa shape index (κ2) is 8.11. The molecule has 1 aromatic carbocycles. The molecule has 1 N–H and O–H groups in total. The maximum absolute atomic E-state index is 13.4. The monoisotopic (exact) mass is 289 g/mol. The normalized spacial score (nSPS) is 19.4. The Balaban J connectivity index is 2.00. The maximum atomic E-state index is 13.4. The molecular weight excluding hydrogens is 265 g/mol. The van der Waals surface area contributed by atoms with Gasteiger partial charge >= 0.3 is 0 Å². The van der Waals surface area contributed by atoms with Gasteiger partial charge in [0.05, 0.1) is 5.56 Å². The number of piperidine rings is 1. The number of nitriles is 1. The minimum atomic E-state index is -0.430. The minimum Gasteiger partial charge on any atom is -0.315 e. The SMILES string of the molecule is CCCNCC1CCCCN1Cc1ccc(F)c(C#N)c1. The van der Waals surface area contributed by atoms with E-state index in [1.165, 1.54) is 25.3 Å². The van der Waals surface area contributed by atoms with E-state index in [0.29, 0.717) is 6.04 Å². The molecule has 4 heteroatoms. The standard InChI is InChI=1S/C17H24FN3/c1-2-8-20-12-16-5-3-4-9-21(16)13-14-6-7-17(18)15(10-14)11-19/h6-7,10,16,20H,2-5,8-9,12-13H2,1H3. The second-order valence-corrected chi connectivity index (χ2v) is 5.75. The summed E-state index contributed by atoms with van der Waals surface area (Å²) >= 11 is 0. The van der Waals surface area contributed by atoms with Gasteiger partial charge < -0.3 is 5.32 Å². The quantitative estimate of drug-likeness (QED) is 0.818. The van der Waals surface area contributed by atoms with Crippen LogP contribution in [-0.4, -0.2) is 30.6 Å². The number of nitrogens with zero attached hydrogens (tertiary/aromatic N) is 2. The van der Waals surface area contributed by atoms with Crippen LogP contribution >= 0.6 is 0 Å². The van der Waals surface area contributed by atoms with Crippen LogP contribution in [0, 0.1) is 17.1 Å². The van der Waals surface area contributed by atoms with Crippen LogP contribution in [0.15, 0.2) is 18.2 Å². The third-order valence-corrected chi connectivity index (χ3v) is 4.09. The molecule has 1 heterocycles. The lowest BCUT2D eigenvalue weighted by Crippen LogP contribution is -2.45. The molecule has 0 saturated carbocycles. The molecule has 1 aliphatic heterocycles. The molecule has 1 aliphatic rings. The molecule has 3 nitrogen and oxygen atoms in total. The summed E-state index contributed by atoms with van der Waals surface area (Å²) in [5, 5.41) is 12.4. The van der Waals surface area contributed by atoms with Gasteiger partial charge in [0, 0.05) is 19.1 Å². The lowest BCUT2D eigenvalue weighted by molar-refractivity contribution is 0.137. The van der Waals surface area contributed by atoms with E-state index in [1.807, 2.05) is 6.07 Å². The van der Waals surface area contributed by atoms with Gasteiger partial charge in [-0.15, -0.1) is 0 Å². The van der Waals surface area contributed by atoms with Crippen LogP contribution in [0.4, 0.5) is 4.39 Å². The van der Waals surface area contributed by atoms with E-state index in [9.17, 15) is 4.39 Å². The van der Waals surface area contributed by atoms with E-state index >= 15 is 0 Å². The number of nitrogens with one attached hydrogen (secondary N) is 1. The zero-order valence-corrected chi connectivity index (χ0v) is 12.7. The van der Waals surface area contributed by atoms with Crippen molar-refractivity contribution in [2.24, 2.45) is 0 Å². The molecule has 1 unspecified atom stereocenters. The molecule has 1 saturated heterocycles. The van der Waals surface area contributed by atoms with Crippen molar-refractivity contribution in [2.75, 3.05) is 19.6 Å². The Morgan fingerprint density at radius 1 is 1.43 bits per heavy atom. The average molecular weight is 289 g/mol. The lowest BCUT2D eigenvalue weighted by Gasteiger charge is -2.36. The molecule has 1 aromatic rings. The number of hydrogen-bond donors (Lipinski definition) is 1. The number of halogens is 1. The molecule has 21 heavy (non-hydrogen) atoms. The van der Waals surface area contributed by atoms with Gasteiger partial charge in [0.25, 0.3) is 0 Å². The van der Waals surface area contributed by atoms with Gasteiger partial charge in [0.1, 0.15) is 11.9 Å². The number of benzene rings is 1. The molecule has 2 rings (SSSR count). The third kappa shape index (κ3) is 4.52. The zero-order valence-electron chi connectivity index (χ0n) is 12.7. The van der Waals surface area contributed by atoms with Crippen molar-refractivity contribution in [1.29, 1.82) is 5.26 Å². The van der Waals surface area contributed by atoms with Crippen LogP contribution in [0.5, 0.6) is 0 Å². The van der Waals surface area contributed by atoms with Crippen molar-refractivity contribution < 1.29 is 4.39 Å². The highest BCUT2D eigenvalue weighted by atomic mass is 19.1. The first kappa shape index (κ1) is 15.9. The van der Waals surface area contributed by atoms with E-state index in [1.54, 1.807) is 12.1 Å². The Morgan fingerprint density at radius 3 is 3.05 bits per heavy atom. The number of likely N-dealkylation sites (tertiary alicyclic amines) is 1. The molecule has 0 bridgehead atoms. The second-order valence-electron chi connectivity index (χ2n) is 5.75. The van der Waals surface area contributed by atoms with Gasteiger partial charge in [-0.05, 0) is 50.0 Å². The van der Waals surface area contributed by atoms with Crippen molar-refractivity contribution in [3.8, 4) is 6.07 Å². The zero-order chi connectivity index (χ0) is 15.1. The molecular formula is C17H24FN3. The van der Waals surface area contributed by atoms with Gasteiger partial charge in [-0.2, -0.15) is 5.26 Å². The molecule has 1 atom stereocenters. The summed E-state index contributed by atoms with van der Waals surface area (Å²) < 4.78 is 13.4. The van der Waals surface area contributed by atoms with Crippen molar-refractivity contribution in [1.82, 2.24) is 10.2 Å². The van der Waals surface area contributed by atoms with Gasteiger partial charge in [0.15, 0.2) is 0 Å². The first-order valence-corrected chi connectivity index (χ1v) is 7.88. The largest absolute Gasteiger partial charge is 0.315 e. The molecule has 0 aliphatic carbocycles. The van der Waals surface area contributed by atoms with Crippen LogP contribution in [0.3, 0.4) is 0 Å². The van der Waals surface area contributed by atoms with Crippen molar-refractivity contribution in [2.45, 2.75) is 45.2 Å². The Kier molecular flexibility index (Phi) is 6.16. The van der Waals surface area contributed by atoms with Crippen LogP contribution < -0.4 is 5.32 Å². The summed E-state index contributed by atoms with van der Waals surface area (Å²) in [5.74, 6) is -0.430. The predicted molar refractivity (Wildman–Crippen MR) is 82.3 cm³/mol. The summed E-state index contributed by atoms with van der Waals surface area (Å²) in [6, 6.07) is 7.34. The van der Waals surface area contributed by atoms with Crippen LogP contribution in [0.25, 0.3) is 0 Å². The average Bonchev–Trinajstić information content (AvgIpc) is 2.51. The molecule has 1 fully saturated rings. The van der Waals surface area contributed by atoms with E-state index in [-0.39, 0.29) is 5.56 Å². The molecule has 114 valence electrons. The smallest absolute Gasteiger partial charge is 0.140 e. The minimum absolute atomic E-state index is 0.144. The molecule has 0 aromatic heterocycles. The van der Waals surface area contributed by atoms with Crippen molar-refractivity contribution >= 4 is 0 Å². The van der Waals surface area contributed by atoms with E-state index in [2.05, 4.69) is 17.1 Å². The molecule has 0 radical (unpaired) electrons. The Morgan fingerprint density at radius 2 is 2.29 bits per heavy atom. The first-order valence-electron chi connectivity index (χ1n) is 7.88. The molecule has 0 spiro atoms. The highest BCUT2D eigenvalue weighted by molar-refractivity contribution is 5.34. The maximum Gasteiger partial charge on any atom is 0.140 e. The Hall–Kier alpha value is -1.44. The van der Waals surface area contributed by atoms with E-state index < -0.39 is 5.82 Å². The summed E-state index contributed by atoms with van der Waals surface area (Å²) in [5.41, 5.74) is 1.17. The van der Waals surface area contributed by atoms with Crippen LogP contribution in [-0.2, 0) is 6.54 Å². The topological polar surface area (TPSA) is 39.1 Å². The third-order valence-electron chi connectivity index (χ3n) is 4.09. The fourth-order valence-corrected chi connectivity index (χ4v) is 2.94. The molecule has 0 amide bonds. The number of hydrogen-bond acceptors (Lipinski definition) is 3. The number of rotatable bonds is 6. The van der Waals surface area contributed by atoms with Crippen molar-refractivity contribution in [3.05, 3.63) is 35.1 Å². The summed E-state index contributed by atoms with van der Waals surface area (Å²) in [6.45, 7) is 6.12.